The number of carbonyl (C=O) groups excluding carboxylic acids is 4. The molecule has 0 radical (unpaired) electrons. The third-order valence-corrected chi connectivity index (χ3v) is 12.5. The summed E-state index contributed by atoms with van der Waals surface area (Å²) in [5.74, 6) is -0.913. The molecule has 8 rings (SSSR count). The molecule has 69 heavy (non-hydrogen) atoms. The number of anilines is 2. The Balaban J connectivity index is 0.000000195. The zero-order chi connectivity index (χ0) is 49.5. The first-order chi connectivity index (χ1) is 33.2. The van der Waals surface area contributed by atoms with Crippen molar-refractivity contribution in [3.05, 3.63) is 189 Å². The summed E-state index contributed by atoms with van der Waals surface area (Å²) in [5, 5.41) is 20.1. The number of nitrogens with one attached hydrogen (secondary N) is 1. The van der Waals surface area contributed by atoms with E-state index in [0.717, 1.165) is 81.1 Å². The van der Waals surface area contributed by atoms with Crippen molar-refractivity contribution in [3.8, 4) is 12.1 Å². The number of pyridine rings is 2. The minimum atomic E-state index is -0.654. The van der Waals surface area contributed by atoms with E-state index in [1.165, 1.54) is 29.5 Å². The van der Waals surface area contributed by atoms with Crippen LogP contribution in [0.1, 0.15) is 125 Å². The maximum atomic E-state index is 13.3. The number of nitrogens with zero attached hydrogens (tertiary/aromatic N) is 6. The lowest BCUT2D eigenvalue weighted by Gasteiger charge is -2.21. The summed E-state index contributed by atoms with van der Waals surface area (Å²) in [6, 6.07) is 35.5. The second kappa shape index (κ2) is 24.3. The maximum Gasteiger partial charge on any atom is 0.257 e. The molecule has 0 aliphatic carbocycles. The number of nitriles is 2. The van der Waals surface area contributed by atoms with Crippen molar-refractivity contribution in [1.29, 1.82) is 10.5 Å². The summed E-state index contributed by atoms with van der Waals surface area (Å²) in [5.41, 5.74) is 14.3. The summed E-state index contributed by atoms with van der Waals surface area (Å²) in [6.07, 6.45) is 7.98. The van der Waals surface area contributed by atoms with Crippen LogP contribution in [-0.4, -0.2) is 68.9 Å². The molecule has 3 amide bonds. The van der Waals surface area contributed by atoms with Gasteiger partial charge in [0.25, 0.3) is 23.0 Å². The topological polar surface area (TPSA) is 186 Å². The van der Waals surface area contributed by atoms with Crippen LogP contribution in [0.15, 0.2) is 122 Å². The Hall–Kier alpha value is -7.81. The molecule has 15 heteroatoms. The lowest BCUT2D eigenvalue weighted by atomic mass is 9.91. The predicted octanol–water partition coefficient (Wildman–Crippen LogP) is 10.5. The summed E-state index contributed by atoms with van der Waals surface area (Å²) >= 11 is 5.05. The molecule has 12 nitrogen and oxygen atoms in total. The van der Waals surface area contributed by atoms with Crippen LogP contribution in [0.2, 0.25) is 0 Å². The molecule has 2 atom stereocenters. The van der Waals surface area contributed by atoms with Gasteiger partial charge in [0.2, 0.25) is 11.9 Å². The SMILES string of the molecule is Cc1ccc(C(=O)N2CCCC(c3ccc(C#N)cc3)CC2)cc1N.Cc1ccc(C(=O)N2CCCC(c3ccc(C#N)cc3)CC2)cc1NC(=O)c1ccc(F)nc1.O=C(Cl)c1ccc(F)nc1. The molecule has 0 bridgehead atoms. The van der Waals surface area contributed by atoms with E-state index in [9.17, 15) is 28.0 Å². The smallest absolute Gasteiger partial charge is 0.257 e. The molecular weight excluding hydrogens is 898 g/mol. The van der Waals surface area contributed by atoms with E-state index < -0.39 is 23.0 Å². The Morgan fingerprint density at radius 1 is 0.609 bits per heavy atom. The molecule has 2 fully saturated rings. The van der Waals surface area contributed by atoms with E-state index >= 15 is 0 Å². The van der Waals surface area contributed by atoms with Crippen molar-refractivity contribution in [2.24, 2.45) is 0 Å². The van der Waals surface area contributed by atoms with Gasteiger partial charge in [-0.25, -0.2) is 9.97 Å². The Kier molecular flexibility index (Phi) is 17.8. The predicted molar refractivity (Wildman–Crippen MR) is 261 cm³/mol. The molecular formula is C54H51ClF2N8O4. The highest BCUT2D eigenvalue weighted by molar-refractivity contribution is 6.67. The number of aryl methyl sites for hydroxylation is 2. The van der Waals surface area contributed by atoms with Gasteiger partial charge in [-0.1, -0.05) is 36.4 Å². The minimum Gasteiger partial charge on any atom is -0.398 e. The van der Waals surface area contributed by atoms with Crippen LogP contribution in [0, 0.1) is 48.4 Å². The fraction of sp³-hybridized carbons (Fsp3) is 0.259. The normalized spacial score (nSPS) is 15.5. The highest BCUT2D eigenvalue weighted by atomic mass is 35.5. The highest BCUT2D eigenvalue weighted by Gasteiger charge is 2.25. The molecule has 4 heterocycles. The van der Waals surface area contributed by atoms with Crippen molar-refractivity contribution in [1.82, 2.24) is 19.8 Å². The number of rotatable bonds is 7. The van der Waals surface area contributed by atoms with Crippen LogP contribution in [0.25, 0.3) is 0 Å². The van der Waals surface area contributed by atoms with Gasteiger partial charge in [0, 0.05) is 61.1 Å². The number of carbonyl (C=O) groups is 4. The Labute approximate surface area is 405 Å². The zero-order valence-electron chi connectivity index (χ0n) is 38.3. The van der Waals surface area contributed by atoms with Gasteiger partial charge in [-0.05, 0) is 171 Å². The largest absolute Gasteiger partial charge is 0.398 e. The molecule has 4 aromatic carbocycles. The van der Waals surface area contributed by atoms with Crippen LogP contribution in [0.3, 0.4) is 0 Å². The number of amides is 3. The van der Waals surface area contributed by atoms with Crippen LogP contribution in [-0.2, 0) is 0 Å². The first kappa shape index (κ1) is 50.6. The average molecular weight is 950 g/mol. The molecule has 3 N–H and O–H groups in total. The number of halogens is 3. The van der Waals surface area contributed by atoms with Gasteiger partial charge in [0.15, 0.2) is 0 Å². The monoisotopic (exact) mass is 948 g/mol. The third kappa shape index (κ3) is 14.1. The van der Waals surface area contributed by atoms with Crippen molar-refractivity contribution in [3.63, 3.8) is 0 Å². The van der Waals surface area contributed by atoms with Gasteiger partial charge >= 0.3 is 0 Å². The number of benzene rings is 4. The van der Waals surface area contributed by atoms with E-state index in [0.29, 0.717) is 58.6 Å². The number of hydrogen-bond acceptors (Lipinski definition) is 9. The molecule has 2 saturated heterocycles. The standard InChI is InChI=1S/C27H25FN4O2.C21H23N3O.C6H3ClFNO/c1-18-4-7-22(15-24(18)31-26(33)23-10-11-25(28)30-17-23)27(34)32-13-2-3-20(12-14-32)21-8-5-19(16-29)6-9-21;1-15-4-7-19(13-20(15)23)21(25)24-11-2-3-17(10-12-24)18-8-5-16(14-22)6-9-18;7-6(10)4-1-2-5(8)9-3-4/h4-11,15,17,20H,2-3,12-14H2,1H3,(H,31,33);4-9,13,17H,2-3,10-12,23H2,1H3;1-3H. The number of hydrogen-bond donors (Lipinski definition) is 2. The number of nitrogen functional groups attached to an aromatic ring is 1. The van der Waals surface area contributed by atoms with Crippen molar-refractivity contribution in [2.75, 3.05) is 37.2 Å². The third-order valence-electron chi connectivity index (χ3n) is 12.3. The Bertz CT molecular complexity index is 2850. The van der Waals surface area contributed by atoms with Gasteiger partial charge in [0.1, 0.15) is 0 Å². The number of aromatic nitrogens is 2. The molecule has 0 spiro atoms. The van der Waals surface area contributed by atoms with Crippen molar-refractivity contribution >= 4 is 45.9 Å². The second-order valence-corrected chi connectivity index (χ2v) is 17.2. The van der Waals surface area contributed by atoms with E-state index in [-0.39, 0.29) is 22.9 Å². The molecule has 6 aromatic rings. The number of nitrogens with two attached hydrogens (primary N) is 1. The fourth-order valence-corrected chi connectivity index (χ4v) is 8.26. The lowest BCUT2D eigenvalue weighted by molar-refractivity contribution is 0.0753. The van der Waals surface area contributed by atoms with Crippen LogP contribution >= 0.6 is 11.6 Å². The highest BCUT2D eigenvalue weighted by Crippen LogP contribution is 2.31. The van der Waals surface area contributed by atoms with Crippen LogP contribution in [0.5, 0.6) is 0 Å². The molecule has 2 aromatic heterocycles. The maximum absolute atomic E-state index is 13.3. The number of likely N-dealkylation sites (tertiary alicyclic amines) is 2. The molecule has 2 aliphatic rings. The van der Waals surface area contributed by atoms with E-state index in [4.69, 9.17) is 27.9 Å². The minimum absolute atomic E-state index is 0.0622. The molecule has 2 unspecified atom stereocenters. The van der Waals surface area contributed by atoms with Crippen LogP contribution in [0.4, 0.5) is 20.2 Å². The van der Waals surface area contributed by atoms with Crippen LogP contribution < -0.4 is 11.1 Å². The summed E-state index contributed by atoms with van der Waals surface area (Å²) in [4.78, 5) is 59.5. The van der Waals surface area contributed by atoms with E-state index in [1.54, 1.807) is 18.2 Å². The van der Waals surface area contributed by atoms with Crippen molar-refractivity contribution in [2.45, 2.75) is 64.2 Å². The summed E-state index contributed by atoms with van der Waals surface area (Å²) in [7, 11) is 0. The van der Waals surface area contributed by atoms with Gasteiger partial charge < -0.3 is 20.9 Å². The first-order valence-corrected chi connectivity index (χ1v) is 22.9. The fourth-order valence-electron chi connectivity index (χ4n) is 8.15. The van der Waals surface area contributed by atoms with Crippen molar-refractivity contribution < 1.29 is 28.0 Å². The molecule has 0 saturated carbocycles. The van der Waals surface area contributed by atoms with Gasteiger partial charge in [-0.15, -0.1) is 0 Å². The quantitative estimate of drug-likeness (QED) is 0.0892. The van der Waals surface area contributed by atoms with Gasteiger partial charge in [-0.3, -0.25) is 19.2 Å². The van der Waals surface area contributed by atoms with Gasteiger partial charge in [0.05, 0.1) is 34.4 Å². The summed E-state index contributed by atoms with van der Waals surface area (Å²) < 4.78 is 25.1. The second-order valence-electron chi connectivity index (χ2n) is 16.9. The summed E-state index contributed by atoms with van der Waals surface area (Å²) in [6.45, 7) is 6.62. The zero-order valence-corrected chi connectivity index (χ0v) is 39.1. The molecule has 2 aliphatic heterocycles. The van der Waals surface area contributed by atoms with E-state index in [1.807, 2.05) is 90.4 Å². The Morgan fingerprint density at radius 3 is 1.49 bits per heavy atom. The average Bonchev–Trinajstić information content (AvgIpc) is 3.78. The lowest BCUT2D eigenvalue weighted by Crippen LogP contribution is -2.32. The van der Waals surface area contributed by atoms with Gasteiger partial charge in [-0.2, -0.15) is 19.3 Å². The Morgan fingerprint density at radius 2 is 1.06 bits per heavy atom. The first-order valence-electron chi connectivity index (χ1n) is 22.5. The molecule has 352 valence electrons. The van der Waals surface area contributed by atoms with E-state index in [2.05, 4.69) is 27.4 Å².